The number of aromatic nitrogens is 6. The molecule has 11 heteroatoms. The van der Waals surface area contributed by atoms with Gasteiger partial charge in [0.05, 0.1) is 6.20 Å². The number of fused-ring (bicyclic) bond motifs is 1. The molecule has 0 aromatic carbocycles. The van der Waals surface area contributed by atoms with Crippen LogP contribution in [0.5, 0.6) is 0 Å². The molecule has 0 atom stereocenters. The highest BCUT2D eigenvalue weighted by Gasteiger charge is 2.33. The van der Waals surface area contributed by atoms with E-state index in [1.807, 2.05) is 13.1 Å². The highest BCUT2D eigenvalue weighted by atomic mass is 35.5. The van der Waals surface area contributed by atoms with Gasteiger partial charge in [-0.05, 0) is 31.2 Å². The third kappa shape index (κ3) is 2.78. The lowest BCUT2D eigenvalue weighted by Gasteiger charge is -2.31. The van der Waals surface area contributed by atoms with Crippen molar-refractivity contribution >= 4 is 27.4 Å². The van der Waals surface area contributed by atoms with E-state index in [1.54, 1.807) is 11.6 Å². The molecule has 0 spiro atoms. The predicted octanol–water partition coefficient (Wildman–Crippen LogP) is 1.39. The fourth-order valence-corrected chi connectivity index (χ4v) is 5.26. The molecule has 1 fully saturated rings. The molecule has 138 valence electrons. The summed E-state index contributed by atoms with van der Waals surface area (Å²) in [5.41, 5.74) is 1.99. The molecule has 0 aliphatic carbocycles. The Bertz CT molecular complexity index is 1070. The van der Waals surface area contributed by atoms with Crippen LogP contribution >= 0.6 is 11.6 Å². The molecule has 1 aliphatic heterocycles. The molecule has 3 aromatic heterocycles. The minimum atomic E-state index is -3.64. The van der Waals surface area contributed by atoms with E-state index in [0.717, 1.165) is 11.3 Å². The highest BCUT2D eigenvalue weighted by Crippen LogP contribution is 2.33. The number of aryl methyl sites for hydroxylation is 2. The molecule has 3 aromatic rings. The quantitative estimate of drug-likeness (QED) is 0.664. The van der Waals surface area contributed by atoms with Crippen LogP contribution in [0.2, 0.25) is 5.15 Å². The van der Waals surface area contributed by atoms with Gasteiger partial charge in [-0.15, -0.1) is 0 Å². The van der Waals surface area contributed by atoms with Gasteiger partial charge >= 0.3 is 0 Å². The van der Waals surface area contributed by atoms with E-state index in [0.29, 0.717) is 31.7 Å². The Morgan fingerprint density at radius 1 is 1.23 bits per heavy atom. The first-order valence-electron chi connectivity index (χ1n) is 8.22. The number of sulfonamides is 1. The van der Waals surface area contributed by atoms with Crippen molar-refractivity contribution in [1.29, 1.82) is 0 Å². The Labute approximate surface area is 155 Å². The van der Waals surface area contributed by atoms with Gasteiger partial charge in [0, 0.05) is 32.0 Å². The van der Waals surface area contributed by atoms with Crippen molar-refractivity contribution in [3.8, 4) is 0 Å². The summed E-state index contributed by atoms with van der Waals surface area (Å²) in [5.74, 6) is 0.796. The average Bonchev–Trinajstić information content (AvgIpc) is 3.21. The first-order valence-corrected chi connectivity index (χ1v) is 10.0. The Balaban J connectivity index is 1.55. The third-order valence-electron chi connectivity index (χ3n) is 4.85. The van der Waals surface area contributed by atoms with E-state index >= 15 is 0 Å². The molecule has 4 heterocycles. The summed E-state index contributed by atoms with van der Waals surface area (Å²) in [6.45, 7) is 2.79. The first-order chi connectivity index (χ1) is 12.4. The Morgan fingerprint density at radius 2 is 1.96 bits per heavy atom. The molecule has 0 unspecified atom stereocenters. The number of nitrogens with zero attached hydrogens (tertiary/aromatic N) is 7. The van der Waals surface area contributed by atoms with Gasteiger partial charge < -0.3 is 0 Å². The van der Waals surface area contributed by atoms with Crippen molar-refractivity contribution < 1.29 is 8.42 Å². The molecule has 0 amide bonds. The lowest BCUT2D eigenvalue weighted by molar-refractivity contribution is 0.318. The van der Waals surface area contributed by atoms with Crippen LogP contribution in [0.1, 0.15) is 30.0 Å². The zero-order valence-electron chi connectivity index (χ0n) is 14.4. The van der Waals surface area contributed by atoms with Crippen LogP contribution in [-0.4, -0.2) is 55.2 Å². The summed E-state index contributed by atoms with van der Waals surface area (Å²) < 4.78 is 30.1. The fraction of sp³-hybridized carbons (Fsp3) is 0.467. The summed E-state index contributed by atoms with van der Waals surface area (Å²) in [5, 5.41) is 8.19. The van der Waals surface area contributed by atoms with E-state index in [-0.39, 0.29) is 16.0 Å². The number of piperidine rings is 1. The Morgan fingerprint density at radius 3 is 2.62 bits per heavy atom. The average molecular weight is 396 g/mol. The van der Waals surface area contributed by atoms with Gasteiger partial charge in [-0.25, -0.2) is 17.9 Å². The van der Waals surface area contributed by atoms with Gasteiger partial charge in [0.25, 0.3) is 5.78 Å². The van der Waals surface area contributed by atoms with Crippen LogP contribution in [-0.2, 0) is 17.1 Å². The standard InChI is InChI=1S/C15H18ClN7O2S/c1-10-12(8-23-15(20-10)17-9-19-23)11-3-5-22(6-4-11)26(24,25)13-7-18-21(2)14(13)16/h7-9,11H,3-6H2,1-2H3. The maximum Gasteiger partial charge on any atom is 0.252 e. The summed E-state index contributed by atoms with van der Waals surface area (Å²) >= 11 is 6.07. The van der Waals surface area contributed by atoms with Crippen LogP contribution in [0.3, 0.4) is 0 Å². The number of rotatable bonds is 3. The topological polar surface area (TPSA) is 98.3 Å². The lowest BCUT2D eigenvalue weighted by Crippen LogP contribution is -2.38. The van der Waals surface area contributed by atoms with Gasteiger partial charge in [-0.1, -0.05) is 11.6 Å². The van der Waals surface area contributed by atoms with E-state index in [4.69, 9.17) is 11.6 Å². The molecule has 9 nitrogen and oxygen atoms in total. The predicted molar refractivity (Wildman–Crippen MR) is 94.5 cm³/mol. The van der Waals surface area contributed by atoms with Crippen molar-refractivity contribution in [2.45, 2.75) is 30.6 Å². The van der Waals surface area contributed by atoms with Crippen molar-refractivity contribution in [2.75, 3.05) is 13.1 Å². The largest absolute Gasteiger partial charge is 0.256 e. The third-order valence-corrected chi connectivity index (χ3v) is 7.31. The van der Waals surface area contributed by atoms with Crippen molar-refractivity contribution in [3.05, 3.63) is 35.1 Å². The summed E-state index contributed by atoms with van der Waals surface area (Å²) in [6.07, 6.45) is 6.13. The second-order valence-corrected chi connectivity index (χ2v) is 8.65. The first kappa shape index (κ1) is 17.4. The monoisotopic (exact) mass is 395 g/mol. The van der Waals surface area contributed by atoms with Gasteiger partial charge in [0.2, 0.25) is 10.0 Å². The summed E-state index contributed by atoms with van der Waals surface area (Å²) in [4.78, 5) is 8.61. The number of halogens is 1. The van der Waals surface area contributed by atoms with Gasteiger partial charge in [0.1, 0.15) is 16.4 Å². The van der Waals surface area contributed by atoms with Crippen LogP contribution in [0.4, 0.5) is 0 Å². The molecular formula is C15H18ClN7O2S. The summed E-state index contributed by atoms with van der Waals surface area (Å²) in [7, 11) is -2.02. The Hall–Kier alpha value is -2.04. The minimum absolute atomic E-state index is 0.0574. The van der Waals surface area contributed by atoms with Gasteiger partial charge in [0.15, 0.2) is 0 Å². The fourth-order valence-electron chi connectivity index (χ4n) is 3.38. The van der Waals surface area contributed by atoms with Gasteiger partial charge in [-0.2, -0.15) is 19.5 Å². The number of hydrogen-bond acceptors (Lipinski definition) is 6. The second kappa shape index (κ2) is 6.29. The second-order valence-electron chi connectivity index (χ2n) is 6.39. The Kier molecular flexibility index (Phi) is 4.20. The maximum absolute atomic E-state index is 12.8. The van der Waals surface area contributed by atoms with E-state index in [9.17, 15) is 8.42 Å². The molecule has 1 aliphatic rings. The molecule has 0 bridgehead atoms. The minimum Gasteiger partial charge on any atom is -0.256 e. The van der Waals surface area contributed by atoms with E-state index in [1.165, 1.54) is 21.5 Å². The molecule has 1 saturated heterocycles. The van der Waals surface area contributed by atoms with E-state index < -0.39 is 10.0 Å². The molecule has 4 rings (SSSR count). The lowest BCUT2D eigenvalue weighted by atomic mass is 9.90. The van der Waals surface area contributed by atoms with Crippen LogP contribution < -0.4 is 0 Å². The number of hydrogen-bond donors (Lipinski definition) is 0. The zero-order chi connectivity index (χ0) is 18.5. The van der Waals surface area contributed by atoms with Crippen LogP contribution in [0.25, 0.3) is 5.78 Å². The van der Waals surface area contributed by atoms with Gasteiger partial charge in [-0.3, -0.25) is 4.68 Å². The summed E-state index contributed by atoms with van der Waals surface area (Å²) in [6, 6.07) is 0. The van der Waals surface area contributed by atoms with Crippen LogP contribution in [0, 0.1) is 6.92 Å². The normalized spacial score (nSPS) is 17.2. The van der Waals surface area contributed by atoms with E-state index in [2.05, 4.69) is 20.2 Å². The maximum atomic E-state index is 12.8. The molecule has 26 heavy (non-hydrogen) atoms. The smallest absolute Gasteiger partial charge is 0.252 e. The molecule has 0 radical (unpaired) electrons. The molecular weight excluding hydrogens is 378 g/mol. The SMILES string of the molecule is Cc1nc2ncnn2cc1C1CCN(S(=O)(=O)c2cnn(C)c2Cl)CC1. The highest BCUT2D eigenvalue weighted by molar-refractivity contribution is 7.89. The van der Waals surface area contributed by atoms with Crippen molar-refractivity contribution in [3.63, 3.8) is 0 Å². The van der Waals surface area contributed by atoms with Crippen molar-refractivity contribution in [1.82, 2.24) is 33.7 Å². The molecule has 0 saturated carbocycles. The van der Waals surface area contributed by atoms with Crippen LogP contribution in [0.15, 0.2) is 23.6 Å². The molecule has 0 N–H and O–H groups in total. The van der Waals surface area contributed by atoms with Crippen molar-refractivity contribution in [2.24, 2.45) is 7.05 Å². The zero-order valence-corrected chi connectivity index (χ0v) is 15.9.